The predicted molar refractivity (Wildman–Crippen MR) is 152 cm³/mol. The molecule has 0 aliphatic carbocycles. The highest BCUT2D eigenvalue weighted by molar-refractivity contribution is 6.31. The van der Waals surface area contributed by atoms with Gasteiger partial charge in [-0.05, 0) is 84.9 Å². The topological polar surface area (TPSA) is 127 Å². The minimum absolute atomic E-state index is 0.0722. The summed E-state index contributed by atoms with van der Waals surface area (Å²) in [4.78, 5) is 35.3. The molecule has 0 radical (unpaired) electrons. The highest BCUT2D eigenvalue weighted by Crippen LogP contribution is 2.34. The molecule has 40 heavy (non-hydrogen) atoms. The van der Waals surface area contributed by atoms with Gasteiger partial charge in [0.2, 0.25) is 5.91 Å². The van der Waals surface area contributed by atoms with Crippen molar-refractivity contribution < 1.29 is 4.79 Å². The number of hydrogen-bond donors (Lipinski definition) is 2. The molecular formula is C28H26ClN9O2. The minimum atomic E-state index is -0.201. The van der Waals surface area contributed by atoms with Gasteiger partial charge < -0.3 is 19.8 Å². The first-order chi connectivity index (χ1) is 19.4. The fraction of sp³-hybridized carbons (Fsp3) is 0.214. The number of halogens is 1. The molecule has 0 saturated carbocycles. The van der Waals surface area contributed by atoms with Crippen LogP contribution in [-0.4, -0.2) is 66.2 Å². The van der Waals surface area contributed by atoms with Crippen molar-refractivity contribution in [2.45, 2.75) is 18.9 Å². The van der Waals surface area contributed by atoms with E-state index in [0.717, 1.165) is 58.1 Å². The molecule has 12 heteroatoms. The minimum Gasteiger partial charge on any atom is -0.340 e. The molecule has 5 aromatic rings. The van der Waals surface area contributed by atoms with Gasteiger partial charge in [0.05, 0.1) is 30.2 Å². The lowest BCUT2D eigenvalue weighted by molar-refractivity contribution is -0.116. The predicted octanol–water partition coefficient (Wildman–Crippen LogP) is 3.57. The number of amides is 1. The number of carbonyl (C=O) groups is 1. The van der Waals surface area contributed by atoms with E-state index in [1.807, 2.05) is 61.5 Å². The molecule has 2 N–H and O–H groups in total. The monoisotopic (exact) mass is 555 g/mol. The van der Waals surface area contributed by atoms with Crippen molar-refractivity contribution in [3.63, 3.8) is 0 Å². The summed E-state index contributed by atoms with van der Waals surface area (Å²) < 4.78 is 3.35. The lowest BCUT2D eigenvalue weighted by Gasteiger charge is -2.15. The van der Waals surface area contributed by atoms with Gasteiger partial charge in [0, 0.05) is 28.0 Å². The number of nitrogens with one attached hydrogen (secondary N) is 2. The molecule has 1 atom stereocenters. The second-order valence-electron chi connectivity index (χ2n) is 9.96. The van der Waals surface area contributed by atoms with Crippen molar-refractivity contribution >= 4 is 23.2 Å². The number of rotatable bonds is 7. The summed E-state index contributed by atoms with van der Waals surface area (Å²) in [5.41, 5.74) is 5.55. The summed E-state index contributed by atoms with van der Waals surface area (Å²) in [6, 6.07) is 16.4. The molecule has 0 fully saturated rings. The van der Waals surface area contributed by atoms with Crippen molar-refractivity contribution in [2.24, 2.45) is 0 Å². The van der Waals surface area contributed by atoms with E-state index >= 15 is 0 Å². The van der Waals surface area contributed by atoms with Gasteiger partial charge >= 0.3 is 0 Å². The maximum absolute atomic E-state index is 13.4. The maximum atomic E-state index is 13.4. The maximum Gasteiger partial charge on any atom is 0.252 e. The normalized spacial score (nSPS) is 14.4. The molecule has 1 unspecified atom stereocenters. The van der Waals surface area contributed by atoms with Crippen LogP contribution in [0.1, 0.15) is 24.0 Å². The molecule has 0 spiro atoms. The van der Waals surface area contributed by atoms with Crippen LogP contribution < -0.4 is 10.9 Å². The van der Waals surface area contributed by atoms with Gasteiger partial charge in [-0.2, -0.15) is 4.68 Å². The van der Waals surface area contributed by atoms with Crippen LogP contribution in [0.2, 0.25) is 5.02 Å². The number of aryl methyl sites for hydroxylation is 1. The van der Waals surface area contributed by atoms with Gasteiger partial charge in [-0.3, -0.25) is 9.59 Å². The number of aromatic nitrogens is 7. The number of imidazole rings is 1. The van der Waals surface area contributed by atoms with E-state index < -0.39 is 0 Å². The fourth-order valence-corrected chi connectivity index (χ4v) is 5.27. The number of hydrogen-bond acceptors (Lipinski definition) is 7. The lowest BCUT2D eigenvalue weighted by atomic mass is 10.0. The number of pyridine rings is 1. The van der Waals surface area contributed by atoms with E-state index in [-0.39, 0.29) is 17.5 Å². The molecule has 6 rings (SSSR count). The zero-order valence-corrected chi connectivity index (χ0v) is 22.6. The van der Waals surface area contributed by atoms with Crippen LogP contribution in [0.15, 0.2) is 71.9 Å². The molecule has 1 aliphatic heterocycles. The molecule has 4 heterocycles. The lowest BCUT2D eigenvalue weighted by Crippen LogP contribution is -2.27. The van der Waals surface area contributed by atoms with Crippen molar-refractivity contribution in [3.8, 4) is 28.1 Å². The Bertz CT molecular complexity index is 1740. The Labute approximate surface area is 234 Å². The van der Waals surface area contributed by atoms with E-state index in [4.69, 9.17) is 11.6 Å². The van der Waals surface area contributed by atoms with E-state index in [9.17, 15) is 9.59 Å². The van der Waals surface area contributed by atoms with E-state index in [1.54, 1.807) is 27.6 Å². The van der Waals surface area contributed by atoms with Crippen LogP contribution in [0.4, 0.5) is 5.69 Å². The Morgan fingerprint density at radius 1 is 1.12 bits per heavy atom. The third kappa shape index (κ3) is 5.04. The molecule has 0 saturated heterocycles. The molecule has 2 aromatic carbocycles. The molecule has 1 amide bonds. The number of benzene rings is 2. The average molecular weight is 556 g/mol. The van der Waals surface area contributed by atoms with Gasteiger partial charge in [-0.25, -0.2) is 4.98 Å². The van der Waals surface area contributed by atoms with Crippen LogP contribution in [0.5, 0.6) is 0 Å². The van der Waals surface area contributed by atoms with Crippen LogP contribution in [0.25, 0.3) is 28.1 Å². The number of aromatic amines is 1. The zero-order valence-electron chi connectivity index (χ0n) is 21.9. The largest absolute Gasteiger partial charge is 0.340 e. The van der Waals surface area contributed by atoms with E-state index in [0.29, 0.717) is 11.6 Å². The first-order valence-electron chi connectivity index (χ1n) is 12.7. The van der Waals surface area contributed by atoms with E-state index in [1.165, 1.54) is 6.33 Å². The first-order valence-corrected chi connectivity index (χ1v) is 13.1. The number of fused-ring (bicyclic) bond motifs is 1. The number of tetrazole rings is 1. The highest BCUT2D eigenvalue weighted by atomic mass is 35.5. The number of H-pyrrole nitrogens is 1. The SMILES string of the molecule is CN(C)CC(=O)Nc1ccc(-c2cnc(C3CCc4cc(-c5cc(Cl)ccc5-n5cnnn5)cc(=O)n43)[nH]2)cc1. The summed E-state index contributed by atoms with van der Waals surface area (Å²) in [6.07, 6.45) is 4.76. The summed E-state index contributed by atoms with van der Waals surface area (Å²) in [7, 11) is 3.70. The van der Waals surface area contributed by atoms with Crippen LogP contribution in [0.3, 0.4) is 0 Å². The Hall–Kier alpha value is -4.61. The number of carbonyl (C=O) groups excluding carboxylic acids is 1. The number of anilines is 1. The van der Waals surface area contributed by atoms with Crippen molar-refractivity contribution in [2.75, 3.05) is 26.0 Å². The van der Waals surface area contributed by atoms with Gasteiger partial charge in [-0.15, -0.1) is 5.10 Å². The fourth-order valence-electron chi connectivity index (χ4n) is 5.09. The molecule has 3 aromatic heterocycles. The quantitative estimate of drug-likeness (QED) is 0.314. The number of likely N-dealkylation sites (N-methyl/N-ethyl adjacent to an activating group) is 1. The molecule has 11 nitrogen and oxygen atoms in total. The van der Waals surface area contributed by atoms with Crippen LogP contribution in [-0.2, 0) is 11.2 Å². The molecule has 202 valence electrons. The average Bonchev–Trinajstić information content (AvgIpc) is 3.69. The van der Waals surface area contributed by atoms with Gasteiger partial charge in [0.25, 0.3) is 5.56 Å². The standard InChI is InChI=1S/C28H26ClN9O2/c1-36(2)15-26(39)32-20-6-3-17(4-7-20)23-14-30-28(33-23)25-10-8-21-11-18(12-27(40)38(21)25)22-13-19(29)5-9-24(22)37-16-31-34-35-37/h3-7,9,11-14,16,25H,8,10,15H2,1-2H3,(H,30,33)(H,32,39). The Kier molecular flexibility index (Phi) is 6.74. The van der Waals surface area contributed by atoms with E-state index in [2.05, 4.69) is 30.8 Å². The van der Waals surface area contributed by atoms with Crippen LogP contribution >= 0.6 is 11.6 Å². The van der Waals surface area contributed by atoms with Crippen molar-refractivity contribution in [1.82, 2.24) is 39.6 Å². The Balaban J connectivity index is 1.26. The third-order valence-electron chi connectivity index (χ3n) is 6.85. The highest BCUT2D eigenvalue weighted by Gasteiger charge is 2.28. The molecular weight excluding hydrogens is 530 g/mol. The smallest absolute Gasteiger partial charge is 0.252 e. The second kappa shape index (κ2) is 10.5. The van der Waals surface area contributed by atoms with Gasteiger partial charge in [0.15, 0.2) is 0 Å². The van der Waals surface area contributed by atoms with Crippen molar-refractivity contribution in [3.05, 3.63) is 94.0 Å². The summed E-state index contributed by atoms with van der Waals surface area (Å²) in [5, 5.41) is 14.9. The van der Waals surface area contributed by atoms with Gasteiger partial charge in [-0.1, -0.05) is 23.7 Å². The first kappa shape index (κ1) is 25.7. The molecule has 1 aliphatic rings. The Morgan fingerprint density at radius 3 is 2.70 bits per heavy atom. The zero-order chi connectivity index (χ0) is 27.8. The summed E-state index contributed by atoms with van der Waals surface area (Å²) in [6.45, 7) is 0.314. The molecule has 0 bridgehead atoms. The third-order valence-corrected chi connectivity index (χ3v) is 7.08. The Morgan fingerprint density at radius 2 is 1.95 bits per heavy atom. The second-order valence-corrected chi connectivity index (χ2v) is 10.4. The van der Waals surface area contributed by atoms with Gasteiger partial charge in [0.1, 0.15) is 12.2 Å². The number of nitrogens with zero attached hydrogens (tertiary/aromatic N) is 7. The van der Waals surface area contributed by atoms with Crippen molar-refractivity contribution in [1.29, 1.82) is 0 Å². The summed E-state index contributed by atoms with van der Waals surface area (Å²) in [5.74, 6) is 0.654. The van der Waals surface area contributed by atoms with Crippen LogP contribution in [0, 0.1) is 0 Å². The summed E-state index contributed by atoms with van der Waals surface area (Å²) >= 11 is 6.31.